The molecule has 2 N–H and O–H groups in total. The van der Waals surface area contributed by atoms with E-state index in [0.717, 1.165) is 34.1 Å². The summed E-state index contributed by atoms with van der Waals surface area (Å²) in [6.45, 7) is 4.55. The van der Waals surface area contributed by atoms with Gasteiger partial charge in [-0.3, -0.25) is 4.98 Å². The van der Waals surface area contributed by atoms with Gasteiger partial charge in [0.25, 0.3) is 0 Å². The van der Waals surface area contributed by atoms with Crippen LogP contribution < -0.4 is 5.32 Å². The van der Waals surface area contributed by atoms with E-state index in [4.69, 9.17) is 0 Å². The molecule has 19 heavy (non-hydrogen) atoms. The summed E-state index contributed by atoms with van der Waals surface area (Å²) in [5.74, 6) is 1.59. The molecule has 3 aromatic heterocycles. The van der Waals surface area contributed by atoms with E-state index in [1.165, 1.54) is 0 Å². The average Bonchev–Trinajstić information content (AvgIpc) is 2.77. The molecule has 0 fully saturated rings. The van der Waals surface area contributed by atoms with Crippen LogP contribution in [0.4, 0.5) is 5.82 Å². The second-order valence-corrected chi connectivity index (χ2v) is 4.51. The van der Waals surface area contributed by atoms with E-state index in [0.29, 0.717) is 6.54 Å². The van der Waals surface area contributed by atoms with Crippen LogP contribution in [0.5, 0.6) is 0 Å². The van der Waals surface area contributed by atoms with Crippen LogP contribution in [-0.2, 0) is 6.54 Å². The van der Waals surface area contributed by atoms with E-state index in [9.17, 15) is 0 Å². The van der Waals surface area contributed by atoms with E-state index in [1.54, 1.807) is 6.20 Å². The van der Waals surface area contributed by atoms with E-state index < -0.39 is 0 Å². The largest absolute Gasteiger partial charge is 0.364 e. The van der Waals surface area contributed by atoms with Crippen LogP contribution >= 0.6 is 0 Å². The van der Waals surface area contributed by atoms with Crippen molar-refractivity contribution in [2.45, 2.75) is 20.4 Å². The SMILES string of the molecule is Cc1nc(NCc2ccccn2)c2cc(C)[nH]c2n1. The van der Waals surface area contributed by atoms with E-state index in [2.05, 4.69) is 31.3 Å². The first-order chi connectivity index (χ1) is 9.22. The molecule has 0 aromatic carbocycles. The van der Waals surface area contributed by atoms with Crippen LogP contribution in [0.25, 0.3) is 11.0 Å². The van der Waals surface area contributed by atoms with Crippen LogP contribution in [-0.4, -0.2) is 19.9 Å². The van der Waals surface area contributed by atoms with Crippen LogP contribution in [0.1, 0.15) is 17.2 Å². The van der Waals surface area contributed by atoms with Gasteiger partial charge in [0, 0.05) is 11.9 Å². The number of hydrogen-bond donors (Lipinski definition) is 2. The smallest absolute Gasteiger partial charge is 0.143 e. The van der Waals surface area contributed by atoms with Crippen LogP contribution in [0.15, 0.2) is 30.5 Å². The zero-order valence-corrected chi connectivity index (χ0v) is 10.9. The normalized spacial score (nSPS) is 10.8. The minimum Gasteiger partial charge on any atom is -0.364 e. The van der Waals surface area contributed by atoms with Gasteiger partial charge in [0.05, 0.1) is 17.6 Å². The van der Waals surface area contributed by atoms with Gasteiger partial charge in [0.1, 0.15) is 17.3 Å². The lowest BCUT2D eigenvalue weighted by atomic mass is 10.3. The molecule has 0 aliphatic heterocycles. The van der Waals surface area contributed by atoms with Crippen molar-refractivity contribution < 1.29 is 0 Å². The predicted octanol–water partition coefficient (Wildman–Crippen LogP) is 2.58. The fraction of sp³-hybridized carbons (Fsp3) is 0.214. The Balaban J connectivity index is 1.92. The first kappa shape index (κ1) is 11.6. The summed E-state index contributed by atoms with van der Waals surface area (Å²) in [4.78, 5) is 16.4. The summed E-state index contributed by atoms with van der Waals surface area (Å²) >= 11 is 0. The van der Waals surface area contributed by atoms with Gasteiger partial charge in [-0.1, -0.05) is 6.07 Å². The number of hydrogen-bond acceptors (Lipinski definition) is 4. The molecule has 0 aliphatic carbocycles. The number of anilines is 1. The summed E-state index contributed by atoms with van der Waals surface area (Å²) in [7, 11) is 0. The Morgan fingerprint density at radius 1 is 1.21 bits per heavy atom. The Labute approximate surface area is 111 Å². The maximum atomic E-state index is 4.46. The molecule has 3 heterocycles. The highest BCUT2D eigenvalue weighted by atomic mass is 15.1. The molecule has 0 radical (unpaired) electrons. The number of aromatic nitrogens is 4. The van der Waals surface area contributed by atoms with Crippen molar-refractivity contribution in [1.82, 2.24) is 19.9 Å². The number of aryl methyl sites for hydroxylation is 2. The lowest BCUT2D eigenvalue weighted by Gasteiger charge is -2.06. The zero-order chi connectivity index (χ0) is 13.2. The number of pyridine rings is 1. The molecule has 96 valence electrons. The van der Waals surface area contributed by atoms with Gasteiger partial charge in [-0.15, -0.1) is 0 Å². The standard InChI is InChI=1S/C14H15N5/c1-9-7-12-13(18-10(2)19-14(12)17-9)16-8-11-5-3-4-6-15-11/h3-7H,8H2,1-2H3,(H2,16,17,18,19). The number of aromatic amines is 1. The molecule has 3 aromatic rings. The van der Waals surface area contributed by atoms with E-state index in [1.807, 2.05) is 32.0 Å². The van der Waals surface area contributed by atoms with Gasteiger partial charge in [0.2, 0.25) is 0 Å². The molecule has 0 saturated carbocycles. The predicted molar refractivity (Wildman–Crippen MR) is 74.9 cm³/mol. The lowest BCUT2D eigenvalue weighted by molar-refractivity contribution is 1.01. The molecule has 0 amide bonds. The van der Waals surface area contributed by atoms with Crippen molar-refractivity contribution in [2.75, 3.05) is 5.32 Å². The van der Waals surface area contributed by atoms with Gasteiger partial charge in [-0.2, -0.15) is 0 Å². The Morgan fingerprint density at radius 2 is 2.11 bits per heavy atom. The third-order valence-corrected chi connectivity index (χ3v) is 2.90. The highest BCUT2D eigenvalue weighted by molar-refractivity contribution is 5.87. The number of rotatable bonds is 3. The highest BCUT2D eigenvalue weighted by Gasteiger charge is 2.08. The Morgan fingerprint density at radius 3 is 2.89 bits per heavy atom. The maximum absolute atomic E-state index is 4.46. The first-order valence-corrected chi connectivity index (χ1v) is 6.20. The first-order valence-electron chi connectivity index (χ1n) is 6.20. The maximum Gasteiger partial charge on any atom is 0.143 e. The lowest BCUT2D eigenvalue weighted by Crippen LogP contribution is -2.04. The molecule has 0 aliphatic rings. The second-order valence-electron chi connectivity index (χ2n) is 4.51. The van der Waals surface area contributed by atoms with Crippen molar-refractivity contribution in [1.29, 1.82) is 0 Å². The number of fused-ring (bicyclic) bond motifs is 1. The van der Waals surface area contributed by atoms with Crippen LogP contribution in [0, 0.1) is 13.8 Å². The third-order valence-electron chi connectivity index (χ3n) is 2.90. The quantitative estimate of drug-likeness (QED) is 0.753. The molecule has 5 nitrogen and oxygen atoms in total. The topological polar surface area (TPSA) is 66.5 Å². The fourth-order valence-corrected chi connectivity index (χ4v) is 2.06. The third kappa shape index (κ3) is 2.40. The van der Waals surface area contributed by atoms with E-state index >= 15 is 0 Å². The molecular weight excluding hydrogens is 238 g/mol. The van der Waals surface area contributed by atoms with E-state index in [-0.39, 0.29) is 0 Å². The number of nitrogens with zero attached hydrogens (tertiary/aromatic N) is 3. The average molecular weight is 253 g/mol. The molecule has 0 saturated heterocycles. The molecule has 3 rings (SSSR count). The molecule has 0 atom stereocenters. The van der Waals surface area contributed by atoms with Gasteiger partial charge in [-0.05, 0) is 32.0 Å². The molecule has 0 bridgehead atoms. The summed E-state index contributed by atoms with van der Waals surface area (Å²) in [5, 5.41) is 4.34. The van der Waals surface area contributed by atoms with Gasteiger partial charge < -0.3 is 10.3 Å². The van der Waals surface area contributed by atoms with Crippen LogP contribution in [0.2, 0.25) is 0 Å². The molecular formula is C14H15N5. The highest BCUT2D eigenvalue weighted by Crippen LogP contribution is 2.21. The Hall–Kier alpha value is -2.43. The minimum atomic E-state index is 0.649. The van der Waals surface area contributed by atoms with Crippen molar-refractivity contribution in [3.8, 4) is 0 Å². The summed E-state index contributed by atoms with van der Waals surface area (Å²) in [6, 6.07) is 7.92. The van der Waals surface area contributed by atoms with Crippen molar-refractivity contribution in [2.24, 2.45) is 0 Å². The van der Waals surface area contributed by atoms with Crippen LogP contribution in [0.3, 0.4) is 0 Å². The molecule has 5 heteroatoms. The second kappa shape index (κ2) is 4.68. The van der Waals surface area contributed by atoms with Crippen molar-refractivity contribution in [3.05, 3.63) is 47.7 Å². The van der Waals surface area contributed by atoms with Gasteiger partial charge in [0.15, 0.2) is 0 Å². The number of H-pyrrole nitrogens is 1. The Bertz CT molecular complexity index is 702. The number of nitrogens with one attached hydrogen (secondary N) is 2. The summed E-state index contributed by atoms with van der Waals surface area (Å²) in [5.41, 5.74) is 2.93. The van der Waals surface area contributed by atoms with Crippen molar-refractivity contribution >= 4 is 16.9 Å². The monoisotopic (exact) mass is 253 g/mol. The molecule has 0 spiro atoms. The minimum absolute atomic E-state index is 0.649. The fourth-order valence-electron chi connectivity index (χ4n) is 2.06. The summed E-state index contributed by atoms with van der Waals surface area (Å²) in [6.07, 6.45) is 1.79. The van der Waals surface area contributed by atoms with Gasteiger partial charge in [-0.25, -0.2) is 9.97 Å². The Kier molecular flexibility index (Phi) is 2.87. The summed E-state index contributed by atoms with van der Waals surface area (Å²) < 4.78 is 0. The molecule has 0 unspecified atom stereocenters. The van der Waals surface area contributed by atoms with Gasteiger partial charge >= 0.3 is 0 Å². The van der Waals surface area contributed by atoms with Crippen molar-refractivity contribution in [3.63, 3.8) is 0 Å². The zero-order valence-electron chi connectivity index (χ0n) is 10.9.